The minimum atomic E-state index is -2.48. The van der Waals surface area contributed by atoms with E-state index < -0.39 is 8.24 Å². The summed E-state index contributed by atoms with van der Waals surface area (Å²) in [5.74, 6) is 0.286. The Bertz CT molecular complexity index is 692. The fourth-order valence-corrected chi connectivity index (χ4v) is 10.4. The number of benzene rings is 2. The summed E-state index contributed by atoms with van der Waals surface area (Å²) in [5, 5.41) is 2.60. The average molecular weight is 338 g/mol. The van der Waals surface area contributed by atoms with E-state index in [2.05, 4.69) is 99.8 Å². The molecule has 0 saturated carbocycles. The zero-order valence-electron chi connectivity index (χ0n) is 15.3. The zero-order valence-corrected chi connectivity index (χ0v) is 16.3. The van der Waals surface area contributed by atoms with Crippen LogP contribution in [0, 0.1) is 0 Å². The van der Waals surface area contributed by atoms with Gasteiger partial charge in [0.1, 0.15) is 0 Å². The maximum absolute atomic E-state index is 12.8. The Labute approximate surface area is 146 Å². The topological polar surface area (TPSA) is 20.3 Å². The highest BCUT2D eigenvalue weighted by molar-refractivity contribution is 7.03. The molecule has 1 amide bonds. The van der Waals surface area contributed by atoms with Crippen molar-refractivity contribution in [2.75, 3.05) is 0 Å². The molecule has 2 nitrogen and oxygen atoms in total. The van der Waals surface area contributed by atoms with E-state index in [1.807, 2.05) is 0 Å². The molecule has 3 rings (SSSR count). The number of carbonyl (C=O) groups excluding carboxylic acids is 1. The molecule has 2 aromatic rings. The SMILES string of the molecule is CC1(C)CC(=O)N1[Si](c1ccccc1)(c1ccccc1)C(C)(C)C. The molecule has 1 fully saturated rings. The summed E-state index contributed by atoms with van der Waals surface area (Å²) in [7, 11) is -2.48. The summed E-state index contributed by atoms with van der Waals surface area (Å²) in [5.41, 5.74) is -0.0950. The lowest BCUT2D eigenvalue weighted by Gasteiger charge is -2.62. The van der Waals surface area contributed by atoms with E-state index in [1.54, 1.807) is 0 Å². The minimum absolute atomic E-state index is 0.0247. The van der Waals surface area contributed by atoms with Gasteiger partial charge in [-0.05, 0) is 29.3 Å². The lowest BCUT2D eigenvalue weighted by molar-refractivity contribution is -0.144. The fourth-order valence-electron chi connectivity index (χ4n) is 4.40. The summed E-state index contributed by atoms with van der Waals surface area (Å²) in [4.78, 5) is 12.8. The normalized spacial score (nSPS) is 17.5. The number of β-lactam (4-membered cyclic amide) rings is 1. The highest BCUT2D eigenvalue weighted by Gasteiger charge is 2.62. The van der Waals surface area contributed by atoms with Crippen LogP contribution in [0.2, 0.25) is 5.04 Å². The first kappa shape index (κ1) is 17.0. The first-order chi connectivity index (χ1) is 11.2. The molecule has 126 valence electrons. The Kier molecular flexibility index (Phi) is 3.95. The highest BCUT2D eigenvalue weighted by Crippen LogP contribution is 2.46. The maximum atomic E-state index is 12.8. The molecule has 1 aliphatic rings. The van der Waals surface area contributed by atoms with Crippen LogP contribution in [0.5, 0.6) is 0 Å². The van der Waals surface area contributed by atoms with Crippen LogP contribution < -0.4 is 10.4 Å². The van der Waals surface area contributed by atoms with Gasteiger partial charge < -0.3 is 4.57 Å². The quantitative estimate of drug-likeness (QED) is 0.619. The van der Waals surface area contributed by atoms with Gasteiger partial charge in [0.2, 0.25) is 14.1 Å². The Morgan fingerprint density at radius 3 is 1.58 bits per heavy atom. The van der Waals surface area contributed by atoms with Crippen LogP contribution in [0.25, 0.3) is 0 Å². The molecule has 0 bridgehead atoms. The summed E-state index contributed by atoms with van der Waals surface area (Å²) < 4.78 is 2.25. The summed E-state index contributed by atoms with van der Waals surface area (Å²) in [6, 6.07) is 21.4. The van der Waals surface area contributed by atoms with Crippen molar-refractivity contribution < 1.29 is 4.79 Å². The standard InChI is InChI=1S/C21H27NOSi/c1-20(2,3)24(17-12-8-6-9-13-17,18-14-10-7-11-15-18)22-19(23)16-21(22,4)5/h6-15H,16H2,1-5H3. The number of rotatable bonds is 3. The molecule has 0 unspecified atom stereocenters. The van der Waals surface area contributed by atoms with Crippen LogP contribution >= 0.6 is 0 Å². The van der Waals surface area contributed by atoms with Gasteiger partial charge in [-0.2, -0.15) is 0 Å². The smallest absolute Gasteiger partial charge is 0.228 e. The summed E-state index contributed by atoms with van der Waals surface area (Å²) in [6.45, 7) is 11.3. The summed E-state index contributed by atoms with van der Waals surface area (Å²) in [6.07, 6.45) is 0.636. The van der Waals surface area contributed by atoms with E-state index in [-0.39, 0.29) is 16.5 Å². The predicted molar refractivity (Wildman–Crippen MR) is 103 cm³/mol. The van der Waals surface area contributed by atoms with Gasteiger partial charge in [-0.25, -0.2) is 0 Å². The van der Waals surface area contributed by atoms with E-state index in [9.17, 15) is 4.79 Å². The largest absolute Gasteiger partial charge is 0.355 e. The van der Waals surface area contributed by atoms with Crippen molar-refractivity contribution >= 4 is 24.5 Å². The Morgan fingerprint density at radius 2 is 1.29 bits per heavy atom. The second-order valence-corrected chi connectivity index (χ2v) is 12.9. The Morgan fingerprint density at radius 1 is 0.875 bits per heavy atom. The first-order valence-corrected chi connectivity index (χ1v) is 10.6. The fraction of sp³-hybridized carbons (Fsp3) is 0.381. The van der Waals surface area contributed by atoms with Crippen molar-refractivity contribution in [1.82, 2.24) is 4.57 Å². The predicted octanol–water partition coefficient (Wildman–Crippen LogP) is 3.56. The van der Waals surface area contributed by atoms with E-state index in [0.29, 0.717) is 6.42 Å². The van der Waals surface area contributed by atoms with Crippen LogP contribution in [0.15, 0.2) is 60.7 Å². The van der Waals surface area contributed by atoms with Gasteiger partial charge in [0.05, 0.1) is 0 Å². The van der Waals surface area contributed by atoms with Gasteiger partial charge in [0.25, 0.3) is 0 Å². The van der Waals surface area contributed by atoms with Crippen molar-refractivity contribution in [3.05, 3.63) is 60.7 Å². The van der Waals surface area contributed by atoms with Crippen LogP contribution in [0.4, 0.5) is 0 Å². The van der Waals surface area contributed by atoms with E-state index in [4.69, 9.17) is 0 Å². The molecule has 0 N–H and O–H groups in total. The zero-order chi connectivity index (χ0) is 17.6. The molecule has 2 aromatic carbocycles. The molecule has 24 heavy (non-hydrogen) atoms. The van der Waals surface area contributed by atoms with Crippen LogP contribution in [-0.2, 0) is 4.79 Å². The maximum Gasteiger partial charge on any atom is 0.228 e. The van der Waals surface area contributed by atoms with Crippen molar-refractivity contribution in [3.63, 3.8) is 0 Å². The average Bonchev–Trinajstić information content (AvgIpc) is 2.52. The van der Waals surface area contributed by atoms with Gasteiger partial charge in [0.15, 0.2) is 0 Å². The van der Waals surface area contributed by atoms with Gasteiger partial charge in [-0.3, -0.25) is 4.79 Å². The Balaban J connectivity index is 2.37. The van der Waals surface area contributed by atoms with E-state index in [1.165, 1.54) is 10.4 Å². The number of carbonyl (C=O) groups is 1. The number of nitrogens with zero attached hydrogens (tertiary/aromatic N) is 1. The monoisotopic (exact) mass is 337 g/mol. The third kappa shape index (κ3) is 2.34. The van der Waals surface area contributed by atoms with Crippen LogP contribution in [0.1, 0.15) is 41.0 Å². The lowest BCUT2D eigenvalue weighted by atomic mass is 9.92. The van der Waals surface area contributed by atoms with Crippen molar-refractivity contribution in [3.8, 4) is 0 Å². The Hall–Kier alpha value is -1.87. The van der Waals surface area contributed by atoms with Gasteiger partial charge in [-0.15, -0.1) is 0 Å². The van der Waals surface area contributed by atoms with Crippen molar-refractivity contribution in [1.29, 1.82) is 0 Å². The molecule has 0 spiro atoms. The molecular weight excluding hydrogens is 310 g/mol. The first-order valence-electron chi connectivity index (χ1n) is 8.65. The molecule has 1 saturated heterocycles. The second kappa shape index (κ2) is 5.59. The number of hydrogen-bond acceptors (Lipinski definition) is 1. The molecule has 0 radical (unpaired) electrons. The van der Waals surface area contributed by atoms with Crippen molar-refractivity contribution in [2.45, 2.75) is 51.6 Å². The van der Waals surface area contributed by atoms with Crippen LogP contribution in [0.3, 0.4) is 0 Å². The highest BCUT2D eigenvalue weighted by atomic mass is 28.3. The van der Waals surface area contributed by atoms with E-state index in [0.717, 1.165) is 0 Å². The van der Waals surface area contributed by atoms with Gasteiger partial charge >= 0.3 is 0 Å². The van der Waals surface area contributed by atoms with Gasteiger partial charge in [0, 0.05) is 12.0 Å². The van der Waals surface area contributed by atoms with E-state index >= 15 is 0 Å². The molecule has 3 heteroatoms. The van der Waals surface area contributed by atoms with Crippen LogP contribution in [-0.4, -0.2) is 24.2 Å². The number of amides is 1. The number of hydrogen-bond donors (Lipinski definition) is 0. The third-order valence-electron chi connectivity index (χ3n) is 5.24. The minimum Gasteiger partial charge on any atom is -0.355 e. The molecule has 0 aromatic heterocycles. The third-order valence-corrected chi connectivity index (χ3v) is 11.3. The molecule has 0 aliphatic carbocycles. The summed E-state index contributed by atoms with van der Waals surface area (Å²) >= 11 is 0. The second-order valence-electron chi connectivity index (χ2n) is 8.41. The molecule has 1 heterocycles. The molecule has 0 atom stereocenters. The lowest BCUT2D eigenvalue weighted by Crippen LogP contribution is -2.84. The van der Waals surface area contributed by atoms with Crippen molar-refractivity contribution in [2.24, 2.45) is 0 Å². The molecule has 1 aliphatic heterocycles. The molecular formula is C21H27NOSi. The van der Waals surface area contributed by atoms with Gasteiger partial charge in [-0.1, -0.05) is 81.4 Å².